The predicted octanol–water partition coefficient (Wildman–Crippen LogP) is 2.54. The molecule has 1 amide bonds. The first kappa shape index (κ1) is 26.6. The number of guanidine groups is 1. The Labute approximate surface area is 209 Å². The average Bonchev–Trinajstić information content (AvgIpc) is 2.81. The number of rotatable bonds is 7. The van der Waals surface area contributed by atoms with E-state index in [1.165, 1.54) is 12.0 Å². The molecule has 2 aliphatic heterocycles. The number of piperazine rings is 1. The number of nitrogens with one attached hydrogen (secondary N) is 1. The number of halogens is 1. The third kappa shape index (κ3) is 9.07. The number of carbonyl (C=O) groups is 1. The number of hydrogen-bond acceptors (Lipinski definition) is 4. The van der Waals surface area contributed by atoms with Gasteiger partial charge in [-0.2, -0.15) is 0 Å². The number of ether oxygens (including phenoxy) is 1. The first-order chi connectivity index (χ1) is 15.1. The second-order valence-electron chi connectivity index (χ2n) is 8.40. The Morgan fingerprint density at radius 2 is 1.94 bits per heavy atom. The van der Waals surface area contributed by atoms with E-state index in [2.05, 4.69) is 56.5 Å². The summed E-state index contributed by atoms with van der Waals surface area (Å²) in [7, 11) is 3.53. The van der Waals surface area contributed by atoms with Crippen LogP contribution in [0.3, 0.4) is 0 Å². The van der Waals surface area contributed by atoms with Crippen LogP contribution in [0.5, 0.6) is 0 Å². The second kappa shape index (κ2) is 14.5. The lowest BCUT2D eigenvalue weighted by Gasteiger charge is -2.36. The van der Waals surface area contributed by atoms with Gasteiger partial charge in [-0.15, -0.1) is 24.0 Å². The molecule has 0 bridgehead atoms. The standard InChI is InChI=1S/C24H37N5O2.HI/c1-27(2)23(30)20-26-24(25-19-22-12-6-7-18-31-22)29-16-14-28(15-17-29)13-8-11-21-9-4-3-5-10-21;/h3-5,8-11,22H,6-7,12-20H2,1-2H3,(H,25,26);1H/b11-8+;. The molecule has 2 heterocycles. The Kier molecular flexibility index (Phi) is 12.0. The molecule has 32 heavy (non-hydrogen) atoms. The van der Waals surface area contributed by atoms with Gasteiger partial charge in [0.15, 0.2) is 5.96 Å². The molecule has 0 aromatic heterocycles. The molecule has 2 saturated heterocycles. The van der Waals surface area contributed by atoms with Gasteiger partial charge in [-0.05, 0) is 24.8 Å². The molecule has 2 aliphatic rings. The van der Waals surface area contributed by atoms with Crippen LogP contribution in [0.1, 0.15) is 24.8 Å². The fraction of sp³-hybridized carbons (Fsp3) is 0.583. The molecule has 3 rings (SSSR count). The zero-order valence-corrected chi connectivity index (χ0v) is 21.7. The molecule has 0 radical (unpaired) electrons. The minimum Gasteiger partial charge on any atom is -0.376 e. The molecule has 178 valence electrons. The average molecular weight is 556 g/mol. The summed E-state index contributed by atoms with van der Waals surface area (Å²) in [5.74, 6) is 0.835. The number of benzene rings is 1. The summed E-state index contributed by atoms with van der Waals surface area (Å²) in [6.45, 7) is 6.43. The SMILES string of the molecule is CN(C)C(=O)CN=C(NCC1CCCCO1)N1CCN(C/C=C/c2ccccc2)CC1.I. The predicted molar refractivity (Wildman–Crippen MR) is 141 cm³/mol. The van der Waals surface area contributed by atoms with Crippen molar-refractivity contribution in [1.29, 1.82) is 0 Å². The Hall–Kier alpha value is -1.65. The summed E-state index contributed by atoms with van der Waals surface area (Å²) in [5, 5.41) is 3.48. The van der Waals surface area contributed by atoms with E-state index in [4.69, 9.17) is 4.74 Å². The van der Waals surface area contributed by atoms with Crippen molar-refractivity contribution in [3.05, 3.63) is 42.0 Å². The molecule has 2 fully saturated rings. The maximum atomic E-state index is 12.1. The zero-order chi connectivity index (χ0) is 21.9. The van der Waals surface area contributed by atoms with Crippen molar-refractivity contribution in [2.75, 3.05) is 66.5 Å². The normalized spacial score (nSPS) is 20.1. The lowest BCUT2D eigenvalue weighted by Crippen LogP contribution is -2.53. The van der Waals surface area contributed by atoms with Gasteiger partial charge in [-0.3, -0.25) is 9.69 Å². The smallest absolute Gasteiger partial charge is 0.243 e. The number of nitrogens with zero attached hydrogens (tertiary/aromatic N) is 4. The molecule has 1 aromatic carbocycles. The third-order valence-electron chi connectivity index (χ3n) is 5.77. The maximum Gasteiger partial charge on any atom is 0.243 e. The van der Waals surface area contributed by atoms with Gasteiger partial charge in [0.25, 0.3) is 0 Å². The molecule has 1 N–H and O–H groups in total. The van der Waals surface area contributed by atoms with Gasteiger partial charge in [0.2, 0.25) is 5.91 Å². The van der Waals surface area contributed by atoms with E-state index in [9.17, 15) is 4.79 Å². The van der Waals surface area contributed by atoms with Crippen LogP contribution in [0.2, 0.25) is 0 Å². The summed E-state index contributed by atoms with van der Waals surface area (Å²) >= 11 is 0. The summed E-state index contributed by atoms with van der Waals surface area (Å²) in [4.78, 5) is 23.0. The Bertz CT molecular complexity index is 727. The molecule has 0 aliphatic carbocycles. The summed E-state index contributed by atoms with van der Waals surface area (Å²) in [6.07, 6.45) is 8.08. The van der Waals surface area contributed by atoms with Crippen LogP contribution in [-0.4, -0.2) is 99.2 Å². The van der Waals surface area contributed by atoms with Crippen LogP contribution >= 0.6 is 24.0 Å². The van der Waals surface area contributed by atoms with Crippen molar-refractivity contribution >= 4 is 41.9 Å². The Morgan fingerprint density at radius 3 is 2.59 bits per heavy atom. The van der Waals surface area contributed by atoms with E-state index in [0.717, 1.165) is 64.7 Å². The zero-order valence-electron chi connectivity index (χ0n) is 19.4. The molecular weight excluding hydrogens is 517 g/mol. The highest BCUT2D eigenvalue weighted by Crippen LogP contribution is 2.12. The number of likely N-dealkylation sites (N-methyl/N-ethyl adjacent to an activating group) is 1. The molecule has 0 saturated carbocycles. The molecule has 8 heteroatoms. The van der Waals surface area contributed by atoms with Crippen molar-refractivity contribution in [2.24, 2.45) is 4.99 Å². The van der Waals surface area contributed by atoms with Gasteiger partial charge in [0.1, 0.15) is 6.54 Å². The van der Waals surface area contributed by atoms with E-state index < -0.39 is 0 Å². The minimum atomic E-state index is 0. The van der Waals surface area contributed by atoms with Crippen molar-refractivity contribution in [3.8, 4) is 0 Å². The topological polar surface area (TPSA) is 60.4 Å². The van der Waals surface area contributed by atoms with E-state index in [0.29, 0.717) is 0 Å². The van der Waals surface area contributed by atoms with Crippen LogP contribution < -0.4 is 5.32 Å². The largest absolute Gasteiger partial charge is 0.376 e. The van der Waals surface area contributed by atoms with Crippen LogP contribution in [0.15, 0.2) is 41.4 Å². The van der Waals surface area contributed by atoms with Crippen molar-refractivity contribution in [3.63, 3.8) is 0 Å². The number of aliphatic imine (C=N–C) groups is 1. The molecule has 1 aromatic rings. The second-order valence-corrected chi connectivity index (χ2v) is 8.40. The number of carbonyl (C=O) groups excluding carboxylic acids is 1. The highest BCUT2D eigenvalue weighted by molar-refractivity contribution is 14.0. The summed E-state index contributed by atoms with van der Waals surface area (Å²) < 4.78 is 5.85. The van der Waals surface area contributed by atoms with E-state index in [-0.39, 0.29) is 42.5 Å². The lowest BCUT2D eigenvalue weighted by atomic mass is 10.1. The monoisotopic (exact) mass is 555 g/mol. The fourth-order valence-electron chi connectivity index (χ4n) is 3.77. The van der Waals surface area contributed by atoms with Crippen LogP contribution in [0.4, 0.5) is 0 Å². The molecule has 1 atom stereocenters. The van der Waals surface area contributed by atoms with Gasteiger partial charge in [-0.1, -0.05) is 42.5 Å². The van der Waals surface area contributed by atoms with E-state index in [1.54, 1.807) is 19.0 Å². The van der Waals surface area contributed by atoms with E-state index in [1.807, 2.05) is 6.07 Å². The van der Waals surface area contributed by atoms with Crippen LogP contribution in [0.25, 0.3) is 6.08 Å². The van der Waals surface area contributed by atoms with Crippen molar-refractivity contribution in [2.45, 2.75) is 25.4 Å². The van der Waals surface area contributed by atoms with Crippen LogP contribution in [0, 0.1) is 0 Å². The fourth-order valence-corrected chi connectivity index (χ4v) is 3.77. The van der Waals surface area contributed by atoms with Crippen molar-refractivity contribution < 1.29 is 9.53 Å². The first-order valence-corrected chi connectivity index (χ1v) is 11.4. The summed E-state index contributed by atoms with van der Waals surface area (Å²) in [6, 6.07) is 10.4. The molecule has 7 nitrogen and oxygen atoms in total. The molecule has 0 spiro atoms. The highest BCUT2D eigenvalue weighted by atomic mass is 127. The quantitative estimate of drug-likeness (QED) is 0.319. The number of amides is 1. The Balaban J connectivity index is 0.00000363. The van der Waals surface area contributed by atoms with Gasteiger partial charge in [0, 0.05) is 60.0 Å². The van der Waals surface area contributed by atoms with Crippen molar-refractivity contribution in [1.82, 2.24) is 20.0 Å². The van der Waals surface area contributed by atoms with Crippen LogP contribution in [-0.2, 0) is 9.53 Å². The molecule has 1 unspecified atom stereocenters. The maximum absolute atomic E-state index is 12.1. The highest BCUT2D eigenvalue weighted by Gasteiger charge is 2.21. The lowest BCUT2D eigenvalue weighted by molar-refractivity contribution is -0.127. The minimum absolute atomic E-state index is 0. The van der Waals surface area contributed by atoms with Gasteiger partial charge >= 0.3 is 0 Å². The summed E-state index contributed by atoms with van der Waals surface area (Å²) in [5.41, 5.74) is 1.23. The number of hydrogen-bond donors (Lipinski definition) is 1. The van der Waals surface area contributed by atoms with E-state index >= 15 is 0 Å². The van der Waals surface area contributed by atoms with Gasteiger partial charge in [-0.25, -0.2) is 4.99 Å². The Morgan fingerprint density at radius 1 is 1.19 bits per heavy atom. The third-order valence-corrected chi connectivity index (χ3v) is 5.77. The first-order valence-electron chi connectivity index (χ1n) is 11.4. The molecular formula is C24H38IN5O2. The van der Waals surface area contributed by atoms with Gasteiger partial charge < -0.3 is 19.9 Å². The van der Waals surface area contributed by atoms with Gasteiger partial charge in [0.05, 0.1) is 6.10 Å².